The first kappa shape index (κ1) is 30.4. The molecule has 1 aliphatic heterocycles. The van der Waals surface area contributed by atoms with Crippen molar-refractivity contribution in [3.05, 3.63) is 34.7 Å². The van der Waals surface area contributed by atoms with E-state index in [-0.39, 0.29) is 49.7 Å². The average molecular weight is 520 g/mol. The van der Waals surface area contributed by atoms with E-state index in [4.69, 9.17) is 20.3 Å². The van der Waals surface area contributed by atoms with Gasteiger partial charge in [0.1, 0.15) is 5.69 Å². The molecule has 2 rings (SSSR count). The largest absolute Gasteiger partial charge is 0.416 e. The monoisotopic (exact) mass is 519 g/mol. The fraction of sp³-hybridized carbons (Fsp3) is 0.667. The molecule has 208 valence electrons. The number of unbranched alkanes of at least 4 members (excludes halogenated alkanes) is 8. The summed E-state index contributed by atoms with van der Waals surface area (Å²) in [6.07, 6.45) is 20.8. The lowest BCUT2D eigenvalue weighted by molar-refractivity contribution is -0.179. The second kappa shape index (κ2) is 18.4. The number of aliphatic hydroxyl groups is 1. The number of hydrogen-bond donors (Lipinski definition) is 4. The van der Waals surface area contributed by atoms with E-state index in [2.05, 4.69) is 46.5 Å². The molecular weight excluding hydrogens is 474 g/mol. The van der Waals surface area contributed by atoms with Gasteiger partial charge in [-0.1, -0.05) is 63.3 Å². The number of nitrogen functional groups attached to an aromatic ring is 1. The van der Waals surface area contributed by atoms with Crippen LogP contribution in [0.2, 0.25) is 0 Å². The highest BCUT2D eigenvalue weighted by Crippen LogP contribution is 2.28. The van der Waals surface area contributed by atoms with Crippen molar-refractivity contribution < 1.29 is 19.4 Å². The molecule has 1 unspecified atom stereocenters. The zero-order valence-electron chi connectivity index (χ0n) is 22.3. The Labute approximate surface area is 220 Å². The number of hydrogen-bond acceptors (Lipinski definition) is 9. The fourth-order valence-electron chi connectivity index (χ4n) is 3.95. The molecule has 5 N–H and O–H groups in total. The highest BCUT2D eigenvalue weighted by Gasteiger charge is 2.32. The van der Waals surface area contributed by atoms with Gasteiger partial charge in [-0.15, -0.1) is 0 Å². The van der Waals surface area contributed by atoms with Crippen molar-refractivity contribution in [1.82, 2.24) is 9.97 Å². The molecule has 10 nitrogen and oxygen atoms in total. The Morgan fingerprint density at radius 3 is 2.51 bits per heavy atom. The number of nitrogens with zero attached hydrogens (tertiary/aromatic N) is 2. The predicted octanol–water partition coefficient (Wildman–Crippen LogP) is 4.58. The molecular formula is C27H45N5O5. The number of ether oxygens (including phenoxy) is 2. The Balaban J connectivity index is 1.64. The fourth-order valence-corrected chi connectivity index (χ4v) is 3.95. The van der Waals surface area contributed by atoms with Gasteiger partial charge in [-0.2, -0.15) is 4.98 Å². The Morgan fingerprint density at radius 2 is 1.78 bits per heavy atom. The lowest BCUT2D eigenvalue weighted by atomic mass is 10.1. The van der Waals surface area contributed by atoms with Gasteiger partial charge in [0.05, 0.1) is 13.3 Å². The number of rotatable bonds is 20. The smallest absolute Gasteiger partial charge is 0.309 e. The van der Waals surface area contributed by atoms with E-state index in [9.17, 15) is 9.59 Å². The Bertz CT molecular complexity index is 902. The highest BCUT2D eigenvalue weighted by molar-refractivity contribution is 5.72. The van der Waals surface area contributed by atoms with Gasteiger partial charge >= 0.3 is 5.97 Å². The van der Waals surface area contributed by atoms with Gasteiger partial charge in [0, 0.05) is 13.0 Å². The number of nitrogens with one attached hydrogen (secondary N) is 2. The number of esters is 1. The number of fused-ring (bicyclic) bond motifs is 1. The maximum atomic E-state index is 12.5. The van der Waals surface area contributed by atoms with Crippen molar-refractivity contribution in [1.29, 1.82) is 0 Å². The Kier molecular flexibility index (Phi) is 15.1. The molecule has 1 aromatic heterocycles. The summed E-state index contributed by atoms with van der Waals surface area (Å²) < 4.78 is 11.3. The summed E-state index contributed by atoms with van der Waals surface area (Å²) >= 11 is 0. The quantitative estimate of drug-likeness (QED) is 0.0842. The number of aliphatic hydroxyl groups excluding tert-OH is 1. The minimum atomic E-state index is -1.07. The molecule has 1 aromatic rings. The second-order valence-corrected chi connectivity index (χ2v) is 9.18. The summed E-state index contributed by atoms with van der Waals surface area (Å²) in [5.41, 5.74) is 5.52. The zero-order chi connectivity index (χ0) is 26.7. The van der Waals surface area contributed by atoms with Crippen molar-refractivity contribution in [2.24, 2.45) is 0 Å². The number of carbonyl (C=O) groups excluding carboxylic acids is 1. The highest BCUT2D eigenvalue weighted by atomic mass is 16.7. The van der Waals surface area contributed by atoms with Gasteiger partial charge in [-0.25, -0.2) is 0 Å². The normalized spacial score (nSPS) is 13.8. The molecule has 0 bridgehead atoms. The van der Waals surface area contributed by atoms with Crippen molar-refractivity contribution in [2.75, 3.05) is 35.8 Å². The van der Waals surface area contributed by atoms with E-state index in [0.29, 0.717) is 6.42 Å². The molecule has 1 aliphatic rings. The average Bonchev–Trinajstić information content (AvgIpc) is 3.30. The van der Waals surface area contributed by atoms with Gasteiger partial charge < -0.3 is 25.6 Å². The predicted molar refractivity (Wildman–Crippen MR) is 147 cm³/mol. The number of nitrogens with two attached hydrogens (primary N) is 1. The van der Waals surface area contributed by atoms with Crippen LogP contribution >= 0.6 is 0 Å². The second-order valence-electron chi connectivity index (χ2n) is 9.18. The molecule has 0 aliphatic carbocycles. The SMILES string of the molecule is CCCCCC=CCC=CCCCCCCCC(=O)OC(OCCCO)N1CNc2c1nc(N)[nH]c2=O. The van der Waals surface area contributed by atoms with Crippen LogP contribution in [0.4, 0.5) is 17.5 Å². The number of anilines is 3. The summed E-state index contributed by atoms with van der Waals surface area (Å²) in [6, 6.07) is 0. The number of aromatic nitrogens is 2. The number of H-pyrrole nitrogens is 1. The van der Waals surface area contributed by atoms with Crippen LogP contribution in [0.15, 0.2) is 29.1 Å². The van der Waals surface area contributed by atoms with Crippen LogP contribution in [0.3, 0.4) is 0 Å². The summed E-state index contributed by atoms with van der Waals surface area (Å²) in [4.78, 5) is 32.7. The maximum absolute atomic E-state index is 12.5. The third-order valence-corrected chi connectivity index (χ3v) is 6.00. The zero-order valence-corrected chi connectivity index (χ0v) is 22.3. The van der Waals surface area contributed by atoms with Crippen LogP contribution in [-0.4, -0.2) is 47.3 Å². The summed E-state index contributed by atoms with van der Waals surface area (Å²) in [7, 11) is 0. The Morgan fingerprint density at radius 1 is 1.08 bits per heavy atom. The van der Waals surface area contributed by atoms with Crippen molar-refractivity contribution in [2.45, 2.75) is 96.8 Å². The molecule has 10 heteroatoms. The number of carbonyl (C=O) groups is 1. The lowest BCUT2D eigenvalue weighted by Gasteiger charge is -2.27. The maximum Gasteiger partial charge on any atom is 0.309 e. The summed E-state index contributed by atoms with van der Waals surface area (Å²) in [6.45, 7) is 2.54. The van der Waals surface area contributed by atoms with Crippen LogP contribution in [0.5, 0.6) is 0 Å². The van der Waals surface area contributed by atoms with E-state index >= 15 is 0 Å². The first-order valence-corrected chi connectivity index (χ1v) is 13.7. The van der Waals surface area contributed by atoms with E-state index in [1.54, 1.807) is 0 Å². The van der Waals surface area contributed by atoms with Crippen LogP contribution < -0.4 is 21.5 Å². The lowest BCUT2D eigenvalue weighted by Crippen LogP contribution is -2.41. The van der Waals surface area contributed by atoms with Gasteiger partial charge in [0.2, 0.25) is 5.95 Å². The molecule has 0 saturated carbocycles. The molecule has 0 fully saturated rings. The van der Waals surface area contributed by atoms with Crippen LogP contribution in [0, 0.1) is 0 Å². The first-order chi connectivity index (χ1) is 18.1. The molecule has 1 atom stereocenters. The van der Waals surface area contributed by atoms with E-state index in [0.717, 1.165) is 44.9 Å². The topological polar surface area (TPSA) is 143 Å². The van der Waals surface area contributed by atoms with Crippen LogP contribution in [0.1, 0.15) is 90.4 Å². The van der Waals surface area contributed by atoms with Crippen LogP contribution in [-0.2, 0) is 14.3 Å². The minimum Gasteiger partial charge on any atom is -0.416 e. The molecule has 0 amide bonds. The first-order valence-electron chi connectivity index (χ1n) is 13.7. The minimum absolute atomic E-state index is 0.0389. The molecule has 2 heterocycles. The number of aromatic amines is 1. The van der Waals surface area contributed by atoms with Gasteiger partial charge in [-0.3, -0.25) is 19.5 Å². The van der Waals surface area contributed by atoms with Gasteiger partial charge in [0.25, 0.3) is 12.0 Å². The molecule has 0 spiro atoms. The third-order valence-electron chi connectivity index (χ3n) is 6.00. The van der Waals surface area contributed by atoms with Crippen molar-refractivity contribution in [3.8, 4) is 0 Å². The standard InChI is InChI=1S/C27H45N5O5/c1-2-3-4-5-6-7-8-9-10-11-12-13-14-15-16-18-22(34)37-27(36-20-17-19-33)32-21-29-23-24(32)30-26(28)31-25(23)35/h6-7,9-10,27,29,33H,2-5,8,11-21H2,1H3,(H3,28,30,31,35). The van der Waals surface area contributed by atoms with E-state index < -0.39 is 12.0 Å². The van der Waals surface area contributed by atoms with E-state index in [1.807, 2.05) is 0 Å². The number of allylic oxidation sites excluding steroid dienone is 4. The van der Waals surface area contributed by atoms with Gasteiger partial charge in [0.15, 0.2) is 5.82 Å². The van der Waals surface area contributed by atoms with Crippen LogP contribution in [0.25, 0.3) is 0 Å². The van der Waals surface area contributed by atoms with E-state index in [1.165, 1.54) is 30.6 Å². The summed E-state index contributed by atoms with van der Waals surface area (Å²) in [5, 5.41) is 12.0. The Hall–Kier alpha value is -2.85. The molecule has 0 saturated heterocycles. The summed E-state index contributed by atoms with van der Waals surface area (Å²) in [5.74, 6) is -0.158. The van der Waals surface area contributed by atoms with Crippen molar-refractivity contribution >= 4 is 23.4 Å². The van der Waals surface area contributed by atoms with Crippen molar-refractivity contribution in [3.63, 3.8) is 0 Å². The molecule has 37 heavy (non-hydrogen) atoms. The molecule has 0 radical (unpaired) electrons. The van der Waals surface area contributed by atoms with Gasteiger partial charge in [-0.05, 0) is 44.9 Å². The third kappa shape index (κ3) is 11.8. The molecule has 0 aromatic carbocycles.